The number of pyridine rings is 1. The van der Waals surface area contributed by atoms with Gasteiger partial charge in [-0.3, -0.25) is 24.3 Å². The first-order valence-corrected chi connectivity index (χ1v) is 11.0. The van der Waals surface area contributed by atoms with E-state index in [9.17, 15) is 14.4 Å². The van der Waals surface area contributed by atoms with Crippen LogP contribution in [0.4, 0.5) is 5.69 Å². The molecule has 0 fully saturated rings. The quantitative estimate of drug-likeness (QED) is 0.522. The largest absolute Gasteiger partial charge is 0.467 e. The second-order valence-corrected chi connectivity index (χ2v) is 8.91. The summed E-state index contributed by atoms with van der Waals surface area (Å²) in [5.41, 5.74) is 0.394. The third-order valence-corrected chi connectivity index (χ3v) is 5.04. The number of aromatic nitrogens is 1. The summed E-state index contributed by atoms with van der Waals surface area (Å²) in [6.07, 6.45) is 4.34. The first-order valence-electron chi connectivity index (χ1n) is 11.0. The first kappa shape index (κ1) is 23.8. The van der Waals surface area contributed by atoms with Crippen LogP contribution in [0.15, 0.2) is 65.5 Å². The number of carbonyl (C=O) groups is 3. The monoisotopic (exact) mass is 478 g/mol. The van der Waals surface area contributed by atoms with Crippen LogP contribution in [0.2, 0.25) is 0 Å². The molecule has 0 bridgehead atoms. The number of nitrogens with zero attached hydrogens (tertiary/aromatic N) is 2. The van der Waals surface area contributed by atoms with Crippen molar-refractivity contribution in [3.05, 3.63) is 72.4 Å². The topological polar surface area (TPSA) is 123 Å². The van der Waals surface area contributed by atoms with Gasteiger partial charge in [0.2, 0.25) is 6.79 Å². The maximum atomic E-state index is 13.5. The van der Waals surface area contributed by atoms with E-state index in [1.165, 1.54) is 18.7 Å². The van der Waals surface area contributed by atoms with E-state index in [0.29, 0.717) is 11.5 Å². The summed E-state index contributed by atoms with van der Waals surface area (Å²) in [5.74, 6) is -0.960. The van der Waals surface area contributed by atoms with E-state index in [1.54, 1.807) is 42.5 Å². The Morgan fingerprint density at radius 2 is 1.89 bits per heavy atom. The van der Waals surface area contributed by atoms with Crippen molar-refractivity contribution in [1.29, 1.82) is 0 Å². The number of nitrogens with one attached hydrogen (secondary N) is 2. The highest BCUT2D eigenvalue weighted by atomic mass is 16.7. The lowest BCUT2D eigenvalue weighted by atomic mass is 10.1. The molecular weight excluding hydrogens is 452 g/mol. The molecule has 0 unspecified atom stereocenters. The van der Waals surface area contributed by atoms with Gasteiger partial charge >= 0.3 is 11.8 Å². The number of ether oxygens (including phenoxy) is 2. The molecular formula is C25H26N4O6. The molecule has 3 amide bonds. The van der Waals surface area contributed by atoms with Crippen molar-refractivity contribution in [3.8, 4) is 11.5 Å². The number of furan rings is 1. The van der Waals surface area contributed by atoms with Gasteiger partial charge in [-0.2, -0.15) is 0 Å². The van der Waals surface area contributed by atoms with Crippen molar-refractivity contribution < 1.29 is 28.3 Å². The predicted molar refractivity (Wildman–Crippen MR) is 125 cm³/mol. The van der Waals surface area contributed by atoms with Gasteiger partial charge in [0, 0.05) is 18.3 Å². The lowest BCUT2D eigenvalue weighted by Crippen LogP contribution is -2.52. The van der Waals surface area contributed by atoms with Gasteiger partial charge in [0.25, 0.3) is 5.91 Å². The highest BCUT2D eigenvalue weighted by Crippen LogP contribution is 2.32. The number of anilines is 1. The number of hydrogen-bond donors (Lipinski definition) is 2. The lowest BCUT2D eigenvalue weighted by molar-refractivity contribution is -0.139. The number of amides is 3. The van der Waals surface area contributed by atoms with Crippen LogP contribution in [0.5, 0.6) is 11.5 Å². The molecule has 1 aliphatic rings. The number of fused-ring (bicyclic) bond motifs is 1. The molecule has 10 heteroatoms. The fourth-order valence-corrected chi connectivity index (χ4v) is 3.56. The molecule has 10 nitrogen and oxygen atoms in total. The van der Waals surface area contributed by atoms with Gasteiger partial charge in [-0.05, 0) is 62.7 Å². The Hall–Kier alpha value is -4.34. The Labute approximate surface area is 202 Å². The number of carbonyl (C=O) groups excluding carboxylic acids is 3. The third-order valence-electron chi connectivity index (χ3n) is 5.04. The molecule has 3 heterocycles. The Morgan fingerprint density at radius 3 is 2.57 bits per heavy atom. The molecule has 3 aromatic rings. The van der Waals surface area contributed by atoms with Crippen molar-refractivity contribution in [2.75, 3.05) is 11.7 Å². The van der Waals surface area contributed by atoms with E-state index in [2.05, 4.69) is 15.6 Å². The summed E-state index contributed by atoms with van der Waals surface area (Å²) >= 11 is 0. The van der Waals surface area contributed by atoms with Crippen molar-refractivity contribution in [2.24, 2.45) is 0 Å². The highest BCUT2D eigenvalue weighted by Gasteiger charge is 2.38. The molecule has 4 rings (SSSR count). The molecule has 0 radical (unpaired) electrons. The second kappa shape index (κ2) is 9.88. The molecule has 0 spiro atoms. The second-order valence-electron chi connectivity index (χ2n) is 8.91. The zero-order valence-electron chi connectivity index (χ0n) is 19.6. The Balaban J connectivity index is 1.61. The van der Waals surface area contributed by atoms with Crippen LogP contribution in [0.1, 0.15) is 38.1 Å². The van der Waals surface area contributed by atoms with Crippen molar-refractivity contribution >= 4 is 23.4 Å². The maximum absolute atomic E-state index is 13.5. The van der Waals surface area contributed by atoms with E-state index in [4.69, 9.17) is 13.9 Å². The molecule has 2 aromatic heterocycles. The molecule has 0 saturated heterocycles. The van der Waals surface area contributed by atoms with Gasteiger partial charge in [0.15, 0.2) is 17.5 Å². The van der Waals surface area contributed by atoms with Crippen molar-refractivity contribution in [3.63, 3.8) is 0 Å². The normalized spacial score (nSPS) is 13.1. The Kier molecular flexibility index (Phi) is 6.72. The van der Waals surface area contributed by atoms with Gasteiger partial charge in [-0.15, -0.1) is 0 Å². The van der Waals surface area contributed by atoms with Crippen LogP contribution in [0, 0.1) is 0 Å². The zero-order valence-corrected chi connectivity index (χ0v) is 19.6. The van der Waals surface area contributed by atoms with Crippen molar-refractivity contribution in [2.45, 2.75) is 38.9 Å². The molecule has 0 aliphatic carbocycles. The molecule has 0 saturated carbocycles. The van der Waals surface area contributed by atoms with Crippen LogP contribution in [0.25, 0.3) is 0 Å². The number of hydrogen-bond acceptors (Lipinski definition) is 7. The summed E-state index contributed by atoms with van der Waals surface area (Å²) in [7, 11) is 0. The smallest absolute Gasteiger partial charge is 0.317 e. The average molecular weight is 479 g/mol. The summed E-state index contributed by atoms with van der Waals surface area (Å²) in [4.78, 5) is 45.0. The minimum Gasteiger partial charge on any atom is -0.467 e. The van der Waals surface area contributed by atoms with Gasteiger partial charge in [-0.1, -0.05) is 6.07 Å². The van der Waals surface area contributed by atoms with E-state index in [-0.39, 0.29) is 24.8 Å². The van der Waals surface area contributed by atoms with Gasteiger partial charge in [0.1, 0.15) is 5.76 Å². The molecule has 1 aromatic carbocycles. The Morgan fingerprint density at radius 1 is 1.09 bits per heavy atom. The highest BCUT2D eigenvalue weighted by molar-refractivity contribution is 6.41. The van der Waals surface area contributed by atoms with Crippen LogP contribution in [-0.2, 0) is 20.9 Å². The molecule has 35 heavy (non-hydrogen) atoms. The average Bonchev–Trinajstić information content (AvgIpc) is 3.51. The minimum atomic E-state index is -1.24. The fraction of sp³-hybridized carbons (Fsp3) is 0.280. The van der Waals surface area contributed by atoms with E-state index < -0.39 is 29.3 Å². The minimum absolute atomic E-state index is 0.0711. The first-order chi connectivity index (χ1) is 16.7. The number of benzene rings is 1. The Bertz CT molecular complexity index is 1200. The number of rotatable bonds is 6. The van der Waals surface area contributed by atoms with Crippen LogP contribution < -0.4 is 25.0 Å². The summed E-state index contributed by atoms with van der Waals surface area (Å²) in [6.45, 7) is 5.66. The third kappa shape index (κ3) is 5.60. The molecule has 2 N–H and O–H groups in total. The van der Waals surface area contributed by atoms with Gasteiger partial charge in [-0.25, -0.2) is 0 Å². The SMILES string of the molecule is CC(C)(C)NC(=O)[C@@H](c1ccco1)N(C(=O)C(=O)NCc1ccc2c(c1)OCO2)c1cccnc1. The fourth-order valence-electron chi connectivity index (χ4n) is 3.56. The zero-order chi connectivity index (χ0) is 25.0. The van der Waals surface area contributed by atoms with E-state index in [0.717, 1.165) is 10.5 Å². The molecule has 182 valence electrons. The van der Waals surface area contributed by atoms with Crippen LogP contribution in [0.3, 0.4) is 0 Å². The summed E-state index contributed by atoms with van der Waals surface area (Å²) in [5, 5.41) is 5.48. The van der Waals surface area contributed by atoms with Crippen LogP contribution in [-0.4, -0.2) is 35.0 Å². The maximum Gasteiger partial charge on any atom is 0.317 e. The molecule has 1 atom stereocenters. The standard InChI is InChI=1S/C25H26N4O6/c1-25(2,3)28-22(30)21(19-7-5-11-33-19)29(17-6-4-10-26-14-17)24(32)23(31)27-13-16-8-9-18-20(12-16)35-15-34-18/h4-12,14,21H,13,15H2,1-3H3,(H,27,31)(H,28,30)/t21-/m1/s1. The van der Waals surface area contributed by atoms with E-state index in [1.807, 2.05) is 20.8 Å². The van der Waals surface area contributed by atoms with Crippen molar-refractivity contribution in [1.82, 2.24) is 15.6 Å². The van der Waals surface area contributed by atoms with Gasteiger partial charge in [0.05, 0.1) is 18.1 Å². The molecule has 1 aliphatic heterocycles. The summed E-state index contributed by atoms with van der Waals surface area (Å²) in [6, 6.07) is 10.4. The van der Waals surface area contributed by atoms with Gasteiger partial charge < -0.3 is 24.5 Å². The van der Waals surface area contributed by atoms with E-state index >= 15 is 0 Å². The van der Waals surface area contributed by atoms with Crippen LogP contribution >= 0.6 is 0 Å². The summed E-state index contributed by atoms with van der Waals surface area (Å²) < 4.78 is 16.2. The lowest BCUT2D eigenvalue weighted by Gasteiger charge is -2.31. The predicted octanol–water partition coefficient (Wildman–Crippen LogP) is 2.71.